The van der Waals surface area contributed by atoms with E-state index in [0.29, 0.717) is 0 Å². The van der Waals surface area contributed by atoms with Crippen LogP contribution in [0.2, 0.25) is 0 Å². The van der Waals surface area contributed by atoms with E-state index in [1.165, 1.54) is 11.3 Å². The van der Waals surface area contributed by atoms with Gasteiger partial charge in [-0.25, -0.2) is 0 Å². The monoisotopic (exact) mass is 143 g/mol. The first-order valence-electron chi connectivity index (χ1n) is 3.73. The molecule has 1 aromatic carbocycles. The Labute approximate surface area is 66.6 Å². The van der Waals surface area contributed by atoms with E-state index in [1.54, 1.807) is 0 Å². The largest absolute Gasteiger partial charge is 0.301 e. The third-order valence-corrected chi connectivity index (χ3v) is 2.04. The van der Waals surface area contributed by atoms with Crippen LogP contribution in [0.15, 0.2) is 24.3 Å². The average Bonchev–Trinajstić information content (AvgIpc) is 2.47. The van der Waals surface area contributed by atoms with E-state index in [0.717, 1.165) is 13.0 Å². The Bertz CT molecular complexity index is 309. The van der Waals surface area contributed by atoms with Crippen molar-refractivity contribution < 1.29 is 0 Å². The molecule has 0 bridgehead atoms. The van der Waals surface area contributed by atoms with E-state index in [1.807, 2.05) is 11.0 Å². The van der Waals surface area contributed by atoms with Crippen LogP contribution in [0, 0.1) is 12.5 Å². The van der Waals surface area contributed by atoms with Gasteiger partial charge >= 0.3 is 0 Å². The van der Waals surface area contributed by atoms with Gasteiger partial charge in [0, 0.05) is 12.6 Å². The molecule has 1 aliphatic rings. The van der Waals surface area contributed by atoms with Crippen LogP contribution in [0.5, 0.6) is 0 Å². The van der Waals surface area contributed by atoms with Crippen LogP contribution in [-0.2, 0) is 6.42 Å². The fourth-order valence-electron chi connectivity index (χ4n) is 1.47. The number of nitrogens with zero attached hydrogens (tertiary/aromatic N) is 1. The minimum Gasteiger partial charge on any atom is -0.301 e. The number of para-hydroxylation sites is 1. The summed E-state index contributed by atoms with van der Waals surface area (Å²) in [5, 5.41) is 0. The molecule has 0 radical (unpaired) electrons. The van der Waals surface area contributed by atoms with Crippen LogP contribution in [0.25, 0.3) is 0 Å². The first-order valence-corrected chi connectivity index (χ1v) is 3.73. The van der Waals surface area contributed by atoms with E-state index in [-0.39, 0.29) is 0 Å². The van der Waals surface area contributed by atoms with E-state index in [2.05, 4.69) is 24.2 Å². The molecule has 0 atom stereocenters. The first kappa shape index (κ1) is 6.30. The lowest BCUT2D eigenvalue weighted by Crippen LogP contribution is -2.11. The summed E-state index contributed by atoms with van der Waals surface area (Å²) in [7, 11) is 0. The molecule has 0 fully saturated rings. The van der Waals surface area contributed by atoms with Crippen molar-refractivity contribution in [2.75, 3.05) is 11.4 Å². The molecule has 1 heterocycles. The Hall–Kier alpha value is -1.42. The van der Waals surface area contributed by atoms with Crippen molar-refractivity contribution in [3.63, 3.8) is 0 Å². The summed E-state index contributed by atoms with van der Waals surface area (Å²) in [5.74, 6) is 0. The molecule has 0 aliphatic carbocycles. The zero-order valence-corrected chi connectivity index (χ0v) is 6.25. The molecule has 0 saturated carbocycles. The van der Waals surface area contributed by atoms with Crippen LogP contribution in [0.4, 0.5) is 5.69 Å². The first-order chi connectivity index (χ1) is 5.42. The molecular weight excluding hydrogens is 134 g/mol. The van der Waals surface area contributed by atoms with Gasteiger partial charge in [-0.3, -0.25) is 0 Å². The van der Waals surface area contributed by atoms with Gasteiger partial charge in [-0.2, -0.15) is 0 Å². The van der Waals surface area contributed by atoms with Crippen molar-refractivity contribution in [3.8, 4) is 12.5 Å². The Kier molecular flexibility index (Phi) is 1.33. The molecule has 1 aromatic rings. The van der Waals surface area contributed by atoms with Gasteiger partial charge in [0.05, 0.1) is 5.69 Å². The van der Waals surface area contributed by atoms with Crippen molar-refractivity contribution >= 4 is 5.69 Å². The molecule has 0 aromatic heterocycles. The van der Waals surface area contributed by atoms with Crippen LogP contribution >= 0.6 is 0 Å². The van der Waals surface area contributed by atoms with Crippen LogP contribution in [0.3, 0.4) is 0 Å². The van der Waals surface area contributed by atoms with Crippen molar-refractivity contribution in [1.82, 2.24) is 0 Å². The lowest BCUT2D eigenvalue weighted by molar-refractivity contribution is 1.01. The highest BCUT2D eigenvalue weighted by molar-refractivity contribution is 5.61. The number of terminal acetylenes is 1. The standard InChI is InChI=1S/C10H9N/c1-2-11-8-7-9-5-3-4-6-10(9)11/h1,3-6H,7-8H2. The molecule has 1 nitrogen and oxygen atoms in total. The fourth-order valence-corrected chi connectivity index (χ4v) is 1.47. The molecular formula is C10H9N. The molecule has 0 N–H and O–H groups in total. The van der Waals surface area contributed by atoms with Gasteiger partial charge in [-0.05, 0) is 18.1 Å². The smallest absolute Gasteiger partial charge is 0.0521 e. The van der Waals surface area contributed by atoms with E-state index in [4.69, 9.17) is 6.42 Å². The van der Waals surface area contributed by atoms with Gasteiger partial charge in [-0.1, -0.05) is 24.6 Å². The number of hydrogen-bond donors (Lipinski definition) is 0. The fraction of sp³-hybridized carbons (Fsp3) is 0.200. The third kappa shape index (κ3) is 0.877. The SMILES string of the molecule is C#CN1CCc2ccccc21. The van der Waals surface area contributed by atoms with Gasteiger partial charge < -0.3 is 4.90 Å². The summed E-state index contributed by atoms with van der Waals surface area (Å²) < 4.78 is 0. The lowest BCUT2D eigenvalue weighted by atomic mass is 10.2. The van der Waals surface area contributed by atoms with Crippen LogP contribution in [-0.4, -0.2) is 6.54 Å². The van der Waals surface area contributed by atoms with E-state index in [9.17, 15) is 0 Å². The second-order valence-corrected chi connectivity index (χ2v) is 2.66. The minimum atomic E-state index is 0.968. The van der Waals surface area contributed by atoms with Crippen LogP contribution < -0.4 is 4.90 Å². The molecule has 1 aliphatic heterocycles. The summed E-state index contributed by atoms with van der Waals surface area (Å²) >= 11 is 0. The highest BCUT2D eigenvalue weighted by Crippen LogP contribution is 2.25. The highest BCUT2D eigenvalue weighted by atomic mass is 15.1. The predicted molar refractivity (Wildman–Crippen MR) is 46.3 cm³/mol. The van der Waals surface area contributed by atoms with Crippen molar-refractivity contribution in [2.24, 2.45) is 0 Å². The topological polar surface area (TPSA) is 3.24 Å². The quantitative estimate of drug-likeness (QED) is 0.499. The number of fused-ring (bicyclic) bond motifs is 1. The van der Waals surface area contributed by atoms with Gasteiger partial charge in [0.15, 0.2) is 0 Å². The maximum Gasteiger partial charge on any atom is 0.0521 e. The highest BCUT2D eigenvalue weighted by Gasteiger charge is 2.15. The molecule has 0 unspecified atom stereocenters. The van der Waals surface area contributed by atoms with Gasteiger partial charge in [0.1, 0.15) is 0 Å². The van der Waals surface area contributed by atoms with E-state index < -0.39 is 0 Å². The van der Waals surface area contributed by atoms with Gasteiger partial charge in [0.2, 0.25) is 0 Å². The number of rotatable bonds is 0. The van der Waals surface area contributed by atoms with Crippen LogP contribution in [0.1, 0.15) is 5.56 Å². The Balaban J connectivity index is 2.49. The second-order valence-electron chi connectivity index (χ2n) is 2.66. The van der Waals surface area contributed by atoms with Crippen molar-refractivity contribution in [3.05, 3.63) is 29.8 Å². The summed E-state index contributed by atoms with van der Waals surface area (Å²) in [6, 6.07) is 10.9. The number of hydrogen-bond acceptors (Lipinski definition) is 1. The lowest BCUT2D eigenvalue weighted by Gasteiger charge is -2.08. The zero-order valence-electron chi connectivity index (χ0n) is 6.25. The summed E-state index contributed by atoms with van der Waals surface area (Å²) in [4.78, 5) is 1.95. The average molecular weight is 143 g/mol. The normalized spacial score (nSPS) is 14.3. The summed E-state index contributed by atoms with van der Waals surface area (Å²) in [6.07, 6.45) is 6.41. The second kappa shape index (κ2) is 2.32. The Morgan fingerprint density at radius 1 is 1.36 bits per heavy atom. The maximum absolute atomic E-state index is 5.32. The van der Waals surface area contributed by atoms with Crippen molar-refractivity contribution in [1.29, 1.82) is 0 Å². The molecule has 11 heavy (non-hydrogen) atoms. The molecule has 0 saturated heterocycles. The summed E-state index contributed by atoms with van der Waals surface area (Å²) in [6.45, 7) is 0.968. The predicted octanol–water partition coefficient (Wildman–Crippen LogP) is 1.64. The Morgan fingerprint density at radius 3 is 3.00 bits per heavy atom. The molecule has 2 rings (SSSR count). The van der Waals surface area contributed by atoms with E-state index >= 15 is 0 Å². The molecule has 54 valence electrons. The minimum absolute atomic E-state index is 0.968. The zero-order chi connectivity index (χ0) is 7.68. The molecule has 0 amide bonds. The summed E-state index contributed by atoms with van der Waals surface area (Å²) in [5.41, 5.74) is 2.57. The number of benzene rings is 1. The molecule has 0 spiro atoms. The van der Waals surface area contributed by atoms with Crippen molar-refractivity contribution in [2.45, 2.75) is 6.42 Å². The van der Waals surface area contributed by atoms with Gasteiger partial charge in [-0.15, -0.1) is 0 Å². The molecule has 1 heteroatoms. The van der Waals surface area contributed by atoms with Gasteiger partial charge in [0.25, 0.3) is 0 Å². The maximum atomic E-state index is 5.32. The number of anilines is 1. The third-order valence-electron chi connectivity index (χ3n) is 2.04. The Morgan fingerprint density at radius 2 is 2.18 bits per heavy atom.